The normalized spacial score (nSPS) is 31.0. The maximum Gasteiger partial charge on any atom is 0.339 e. The van der Waals surface area contributed by atoms with Crippen LogP contribution in [0.25, 0.3) is 0 Å². The maximum atomic E-state index is 13.0. The Balaban J connectivity index is 1.25. The second-order valence-corrected chi connectivity index (χ2v) is 12.4. The Bertz CT molecular complexity index is 1380. The number of rotatable bonds is 14. The molecule has 2 aliphatic heterocycles. The second kappa shape index (κ2) is 17.2. The summed E-state index contributed by atoms with van der Waals surface area (Å²) in [6.07, 6.45) is -15.2. The van der Waals surface area contributed by atoms with E-state index in [4.69, 9.17) is 28.4 Å². The van der Waals surface area contributed by atoms with E-state index in [-0.39, 0.29) is 24.7 Å². The Morgan fingerprint density at radius 1 is 0.660 bits per heavy atom. The van der Waals surface area contributed by atoms with Crippen LogP contribution in [0.15, 0.2) is 48.5 Å². The molecule has 0 aliphatic carbocycles. The van der Waals surface area contributed by atoms with Crippen molar-refractivity contribution in [3.05, 3.63) is 59.7 Å². The highest BCUT2D eigenvalue weighted by Crippen LogP contribution is 2.28. The van der Waals surface area contributed by atoms with Crippen LogP contribution in [0.5, 0.6) is 11.5 Å². The average molecular weight is 713 g/mol. The predicted octanol–water partition coefficient (Wildman–Crippen LogP) is -2.39. The molecule has 50 heavy (non-hydrogen) atoms. The molecule has 0 amide bonds. The van der Waals surface area contributed by atoms with Crippen molar-refractivity contribution in [2.45, 2.75) is 100 Å². The lowest BCUT2D eigenvalue weighted by molar-refractivity contribution is -0.277. The van der Waals surface area contributed by atoms with Crippen LogP contribution in [0.1, 0.15) is 31.4 Å². The van der Waals surface area contributed by atoms with Gasteiger partial charge in [0.05, 0.1) is 19.6 Å². The molecule has 2 heterocycles. The van der Waals surface area contributed by atoms with E-state index in [0.29, 0.717) is 11.1 Å². The monoisotopic (exact) mass is 712 g/mol. The number of esters is 2. The Hall–Kier alpha value is -3.46. The molecule has 11 atom stereocenters. The summed E-state index contributed by atoms with van der Waals surface area (Å²) in [7, 11) is 0. The number of aliphatic hydroxyl groups is 9. The minimum atomic E-state index is -2.22. The van der Waals surface area contributed by atoms with Crippen molar-refractivity contribution in [3.63, 3.8) is 0 Å². The summed E-state index contributed by atoms with van der Waals surface area (Å²) >= 11 is 0. The fourth-order valence-electron chi connectivity index (χ4n) is 5.15. The van der Waals surface area contributed by atoms with Gasteiger partial charge in [-0.25, -0.2) is 4.79 Å². The Morgan fingerprint density at radius 3 is 1.44 bits per heavy atom. The van der Waals surface area contributed by atoms with Crippen molar-refractivity contribution >= 4 is 11.9 Å². The van der Waals surface area contributed by atoms with Crippen molar-refractivity contribution in [2.24, 2.45) is 5.92 Å². The zero-order valence-electron chi connectivity index (χ0n) is 27.3. The minimum Gasteiger partial charge on any atom is -0.462 e. The van der Waals surface area contributed by atoms with Crippen LogP contribution >= 0.6 is 0 Å². The molecule has 9 N–H and O–H groups in total. The average Bonchev–Trinajstić information content (AvgIpc) is 3.11. The van der Waals surface area contributed by atoms with E-state index in [1.165, 1.54) is 62.4 Å². The minimum absolute atomic E-state index is 0.196. The van der Waals surface area contributed by atoms with Gasteiger partial charge in [-0.05, 0) is 41.3 Å². The highest BCUT2D eigenvalue weighted by molar-refractivity contribution is 5.86. The third kappa shape index (κ3) is 9.25. The number of carbonyl (C=O) groups excluding carboxylic acids is 2. The van der Waals surface area contributed by atoms with Crippen molar-refractivity contribution in [2.75, 3.05) is 13.2 Å². The number of carbonyl (C=O) groups is 2. The Morgan fingerprint density at radius 2 is 1.06 bits per heavy atom. The zero-order chi connectivity index (χ0) is 36.7. The van der Waals surface area contributed by atoms with E-state index in [2.05, 4.69) is 0 Å². The van der Waals surface area contributed by atoms with Crippen molar-refractivity contribution in [1.29, 1.82) is 0 Å². The highest BCUT2D eigenvalue weighted by atomic mass is 16.7. The molecule has 2 aromatic carbocycles. The van der Waals surface area contributed by atoms with E-state index < -0.39 is 105 Å². The summed E-state index contributed by atoms with van der Waals surface area (Å²) in [5.74, 6) is -2.27. The quantitative estimate of drug-likeness (QED) is 0.0925. The van der Waals surface area contributed by atoms with Gasteiger partial charge in [-0.2, -0.15) is 0 Å². The smallest absolute Gasteiger partial charge is 0.339 e. The van der Waals surface area contributed by atoms with E-state index >= 15 is 0 Å². The lowest BCUT2D eigenvalue weighted by atomic mass is 9.87. The molecule has 2 aliphatic rings. The van der Waals surface area contributed by atoms with Gasteiger partial charge in [0.25, 0.3) is 0 Å². The fourth-order valence-corrected chi connectivity index (χ4v) is 5.15. The van der Waals surface area contributed by atoms with Crippen molar-refractivity contribution in [3.8, 4) is 11.5 Å². The number of benzene rings is 2. The zero-order valence-corrected chi connectivity index (χ0v) is 27.3. The molecule has 2 saturated heterocycles. The molecule has 11 unspecified atom stereocenters. The first-order valence-corrected chi connectivity index (χ1v) is 15.9. The summed E-state index contributed by atoms with van der Waals surface area (Å²) in [5, 5.41) is 89.8. The second-order valence-electron chi connectivity index (χ2n) is 12.4. The van der Waals surface area contributed by atoms with Gasteiger partial charge in [0, 0.05) is 0 Å². The molecule has 4 rings (SSSR count). The van der Waals surface area contributed by atoms with Gasteiger partial charge in [0.2, 0.25) is 12.6 Å². The molecular formula is C33H44O17. The molecule has 2 fully saturated rings. The fraction of sp³-hybridized carbons (Fsp3) is 0.576. The standard InChI is InChI=1S/C33H44O17/c1-16(2)33(44,32(43)46-15-18-5-9-20(10-6-18)48-31-29(42)27(40)25(38)22(13-35)50-31)11-23(36)45-14-17-3-7-19(8-4-17)47-30-28(41)26(39)24(37)21(12-34)49-30/h3-10,16,21-22,24-31,34-35,37-42,44H,11-15H2,1-2H3. The van der Waals surface area contributed by atoms with Gasteiger partial charge in [-0.1, -0.05) is 38.1 Å². The summed E-state index contributed by atoms with van der Waals surface area (Å²) in [6, 6.07) is 12.0. The molecule has 17 heteroatoms. The van der Waals surface area contributed by atoms with E-state index in [9.17, 15) is 55.5 Å². The Labute approximate surface area is 286 Å². The van der Waals surface area contributed by atoms with Gasteiger partial charge in [0.1, 0.15) is 73.5 Å². The van der Waals surface area contributed by atoms with Gasteiger partial charge in [-0.15, -0.1) is 0 Å². The lowest BCUT2D eigenvalue weighted by Crippen LogP contribution is -2.60. The number of hydrogen-bond donors (Lipinski definition) is 9. The maximum absolute atomic E-state index is 13.0. The molecule has 0 saturated carbocycles. The van der Waals surface area contributed by atoms with Crippen LogP contribution < -0.4 is 9.47 Å². The molecule has 0 aromatic heterocycles. The third-order valence-corrected chi connectivity index (χ3v) is 8.54. The van der Waals surface area contributed by atoms with Crippen LogP contribution in [0, 0.1) is 5.92 Å². The molecule has 0 bridgehead atoms. The summed E-state index contributed by atoms with van der Waals surface area (Å²) in [6.45, 7) is 1.35. The van der Waals surface area contributed by atoms with Gasteiger partial charge >= 0.3 is 11.9 Å². The van der Waals surface area contributed by atoms with Crippen LogP contribution in [0.4, 0.5) is 0 Å². The SMILES string of the molecule is CC(C)C(O)(CC(=O)OCc1ccc(OC2OC(CO)C(O)C(O)C2O)cc1)C(=O)OCc1ccc(OC2OC(CO)C(O)C(O)C2O)cc1. The summed E-state index contributed by atoms with van der Waals surface area (Å²) in [4.78, 5) is 25.7. The van der Waals surface area contributed by atoms with E-state index in [1.807, 2.05) is 0 Å². The van der Waals surface area contributed by atoms with E-state index in [0.717, 1.165) is 0 Å². The van der Waals surface area contributed by atoms with Crippen LogP contribution in [0.2, 0.25) is 0 Å². The largest absolute Gasteiger partial charge is 0.462 e. The number of ether oxygens (including phenoxy) is 6. The first kappa shape index (κ1) is 39.3. The van der Waals surface area contributed by atoms with Crippen molar-refractivity contribution < 1.29 is 84.0 Å². The third-order valence-electron chi connectivity index (χ3n) is 8.54. The number of hydrogen-bond acceptors (Lipinski definition) is 17. The van der Waals surface area contributed by atoms with Gasteiger partial charge in [-0.3, -0.25) is 4.79 Å². The first-order valence-electron chi connectivity index (χ1n) is 15.9. The van der Waals surface area contributed by atoms with Crippen LogP contribution in [-0.4, -0.2) is 138 Å². The molecular weight excluding hydrogens is 668 g/mol. The predicted molar refractivity (Wildman–Crippen MR) is 166 cm³/mol. The molecule has 2 aromatic rings. The highest BCUT2D eigenvalue weighted by Gasteiger charge is 2.46. The van der Waals surface area contributed by atoms with Gasteiger partial charge < -0.3 is 74.4 Å². The van der Waals surface area contributed by atoms with Crippen LogP contribution in [0.3, 0.4) is 0 Å². The molecule has 17 nitrogen and oxygen atoms in total. The van der Waals surface area contributed by atoms with E-state index in [1.54, 1.807) is 0 Å². The Kier molecular flexibility index (Phi) is 13.5. The first-order chi connectivity index (χ1) is 23.7. The topological polar surface area (TPSA) is 272 Å². The molecule has 0 radical (unpaired) electrons. The summed E-state index contributed by atoms with van der Waals surface area (Å²) in [5.41, 5.74) is -1.23. The number of aliphatic hydroxyl groups excluding tert-OH is 8. The lowest BCUT2D eigenvalue weighted by Gasteiger charge is -2.39. The van der Waals surface area contributed by atoms with Crippen LogP contribution in [-0.2, 0) is 41.8 Å². The summed E-state index contributed by atoms with van der Waals surface area (Å²) < 4.78 is 32.3. The molecule has 278 valence electrons. The molecule has 0 spiro atoms. The van der Waals surface area contributed by atoms with Crippen molar-refractivity contribution in [1.82, 2.24) is 0 Å². The van der Waals surface area contributed by atoms with Gasteiger partial charge in [0.15, 0.2) is 5.60 Å².